The standard InChI is InChI=1S/C11H18ClNO4/c1-10(2,3)17-9(16)13-6-4-11(12,5-7-13)8(14)15/h4-7H2,1-3H3,(H,14,15). The van der Waals surface area contributed by atoms with Gasteiger partial charge in [0.25, 0.3) is 0 Å². The molecule has 0 aromatic carbocycles. The number of carboxylic acid groups (broad SMARTS) is 1. The maximum absolute atomic E-state index is 11.7. The van der Waals surface area contributed by atoms with Crippen molar-refractivity contribution in [2.24, 2.45) is 0 Å². The summed E-state index contributed by atoms with van der Waals surface area (Å²) in [5, 5.41) is 8.94. The van der Waals surface area contributed by atoms with Crippen LogP contribution in [0, 0.1) is 0 Å². The van der Waals surface area contributed by atoms with Gasteiger partial charge in [-0.15, -0.1) is 11.6 Å². The third-order valence-electron chi connectivity index (χ3n) is 2.59. The van der Waals surface area contributed by atoms with Crippen LogP contribution in [0.25, 0.3) is 0 Å². The van der Waals surface area contributed by atoms with E-state index in [0.29, 0.717) is 13.1 Å². The molecule has 17 heavy (non-hydrogen) atoms. The highest BCUT2D eigenvalue weighted by molar-refractivity contribution is 6.33. The van der Waals surface area contributed by atoms with E-state index in [9.17, 15) is 9.59 Å². The summed E-state index contributed by atoms with van der Waals surface area (Å²) in [6, 6.07) is 0. The Balaban J connectivity index is 2.53. The second kappa shape index (κ2) is 4.72. The zero-order valence-electron chi connectivity index (χ0n) is 10.3. The Morgan fingerprint density at radius 3 is 2.12 bits per heavy atom. The number of aliphatic carboxylic acids is 1. The Labute approximate surface area is 106 Å². The number of carbonyl (C=O) groups excluding carboxylic acids is 1. The lowest BCUT2D eigenvalue weighted by Crippen LogP contribution is -2.48. The molecule has 1 saturated heterocycles. The molecule has 0 aromatic rings. The van der Waals surface area contributed by atoms with E-state index < -0.39 is 22.5 Å². The lowest BCUT2D eigenvalue weighted by molar-refractivity contribution is -0.141. The van der Waals surface area contributed by atoms with Crippen molar-refractivity contribution in [1.82, 2.24) is 4.90 Å². The molecule has 0 atom stereocenters. The SMILES string of the molecule is CC(C)(C)OC(=O)N1CCC(Cl)(C(=O)O)CC1. The summed E-state index contributed by atoms with van der Waals surface area (Å²) < 4.78 is 5.20. The van der Waals surface area contributed by atoms with Crippen LogP contribution in [0.1, 0.15) is 33.6 Å². The predicted molar refractivity (Wildman–Crippen MR) is 63.3 cm³/mol. The van der Waals surface area contributed by atoms with Crippen molar-refractivity contribution in [2.45, 2.75) is 44.1 Å². The number of hydrogen-bond donors (Lipinski definition) is 1. The fraction of sp³-hybridized carbons (Fsp3) is 0.818. The molecule has 1 N–H and O–H groups in total. The Morgan fingerprint density at radius 1 is 1.29 bits per heavy atom. The molecule has 1 heterocycles. The average Bonchev–Trinajstić information content (AvgIpc) is 2.15. The summed E-state index contributed by atoms with van der Waals surface area (Å²) in [7, 11) is 0. The fourth-order valence-electron chi connectivity index (χ4n) is 1.58. The van der Waals surface area contributed by atoms with E-state index in [2.05, 4.69) is 0 Å². The molecule has 0 spiro atoms. The molecule has 0 unspecified atom stereocenters. The van der Waals surface area contributed by atoms with E-state index in [1.807, 2.05) is 0 Å². The number of nitrogens with zero attached hydrogens (tertiary/aromatic N) is 1. The third kappa shape index (κ3) is 3.77. The van der Waals surface area contributed by atoms with E-state index in [1.54, 1.807) is 20.8 Å². The van der Waals surface area contributed by atoms with Crippen molar-refractivity contribution >= 4 is 23.7 Å². The molecular formula is C11H18ClNO4. The summed E-state index contributed by atoms with van der Waals surface area (Å²) in [6.45, 7) is 5.99. The maximum Gasteiger partial charge on any atom is 0.410 e. The molecule has 0 aliphatic carbocycles. The first-order valence-corrected chi connectivity index (χ1v) is 5.92. The highest BCUT2D eigenvalue weighted by atomic mass is 35.5. The molecule has 1 aliphatic heterocycles. The number of rotatable bonds is 1. The number of piperidine rings is 1. The smallest absolute Gasteiger partial charge is 0.410 e. The largest absolute Gasteiger partial charge is 0.480 e. The Bertz CT molecular complexity index is 316. The minimum absolute atomic E-state index is 0.239. The Hall–Kier alpha value is -0.970. The van der Waals surface area contributed by atoms with Crippen LogP contribution in [0.3, 0.4) is 0 Å². The van der Waals surface area contributed by atoms with Crippen LogP contribution in [0.5, 0.6) is 0 Å². The van der Waals surface area contributed by atoms with E-state index >= 15 is 0 Å². The first-order chi connectivity index (χ1) is 7.64. The molecule has 1 rings (SSSR count). The number of ether oxygens (including phenoxy) is 1. The molecule has 0 bridgehead atoms. The lowest BCUT2D eigenvalue weighted by Gasteiger charge is -2.35. The van der Waals surface area contributed by atoms with E-state index in [4.69, 9.17) is 21.4 Å². The molecule has 1 aliphatic rings. The number of amides is 1. The zero-order chi connectivity index (χ0) is 13.3. The van der Waals surface area contributed by atoms with Crippen molar-refractivity contribution < 1.29 is 19.4 Å². The van der Waals surface area contributed by atoms with Crippen LogP contribution in [-0.2, 0) is 9.53 Å². The van der Waals surface area contributed by atoms with E-state index in [1.165, 1.54) is 4.90 Å². The van der Waals surface area contributed by atoms with Crippen molar-refractivity contribution in [3.05, 3.63) is 0 Å². The fourth-order valence-corrected chi connectivity index (χ4v) is 1.75. The predicted octanol–water partition coefficient (Wildman–Crippen LogP) is 2.08. The van der Waals surface area contributed by atoms with Crippen LogP contribution in [0.15, 0.2) is 0 Å². The molecule has 5 nitrogen and oxygen atoms in total. The third-order valence-corrected chi connectivity index (χ3v) is 3.13. The summed E-state index contributed by atoms with van der Waals surface area (Å²) in [4.78, 5) is 22.9. The van der Waals surface area contributed by atoms with Gasteiger partial charge in [-0.3, -0.25) is 4.79 Å². The second-order valence-corrected chi connectivity index (χ2v) is 5.96. The number of hydrogen-bond acceptors (Lipinski definition) is 3. The van der Waals surface area contributed by atoms with Crippen LogP contribution in [0.4, 0.5) is 4.79 Å². The highest BCUT2D eigenvalue weighted by Gasteiger charge is 2.41. The van der Waals surface area contributed by atoms with Crippen LogP contribution in [0.2, 0.25) is 0 Å². The van der Waals surface area contributed by atoms with Gasteiger partial charge in [0.2, 0.25) is 0 Å². The molecule has 0 radical (unpaired) electrons. The number of carbonyl (C=O) groups is 2. The summed E-state index contributed by atoms with van der Waals surface area (Å²) >= 11 is 5.93. The first-order valence-electron chi connectivity index (χ1n) is 5.54. The van der Waals surface area contributed by atoms with Gasteiger partial charge in [-0.1, -0.05) is 0 Å². The number of carboxylic acids is 1. The van der Waals surface area contributed by atoms with Crippen molar-refractivity contribution in [3.63, 3.8) is 0 Å². The average molecular weight is 264 g/mol. The Kier molecular flexibility index (Phi) is 3.91. The normalized spacial score (nSPS) is 19.9. The monoisotopic (exact) mass is 263 g/mol. The number of halogens is 1. The lowest BCUT2D eigenvalue weighted by atomic mass is 9.96. The van der Waals surface area contributed by atoms with Gasteiger partial charge in [0.05, 0.1) is 0 Å². The minimum atomic E-state index is -1.24. The van der Waals surface area contributed by atoms with Gasteiger partial charge in [-0.25, -0.2) is 4.79 Å². The molecule has 6 heteroatoms. The van der Waals surface area contributed by atoms with Crippen molar-refractivity contribution in [2.75, 3.05) is 13.1 Å². The molecular weight excluding hydrogens is 246 g/mol. The zero-order valence-corrected chi connectivity index (χ0v) is 11.1. The van der Waals surface area contributed by atoms with Crippen LogP contribution >= 0.6 is 11.6 Å². The van der Waals surface area contributed by atoms with Crippen LogP contribution in [-0.4, -0.2) is 45.6 Å². The summed E-state index contributed by atoms with van der Waals surface area (Å²) in [5.41, 5.74) is -0.542. The van der Waals surface area contributed by atoms with Crippen molar-refractivity contribution in [1.29, 1.82) is 0 Å². The topological polar surface area (TPSA) is 66.8 Å². The van der Waals surface area contributed by atoms with Gasteiger partial charge in [0, 0.05) is 13.1 Å². The van der Waals surface area contributed by atoms with Gasteiger partial charge in [-0.05, 0) is 33.6 Å². The molecule has 98 valence electrons. The molecule has 1 amide bonds. The van der Waals surface area contributed by atoms with Gasteiger partial charge in [0.15, 0.2) is 0 Å². The summed E-state index contributed by atoms with van der Waals surface area (Å²) in [5.74, 6) is -1.02. The maximum atomic E-state index is 11.7. The van der Waals surface area contributed by atoms with Gasteiger partial charge >= 0.3 is 12.1 Å². The van der Waals surface area contributed by atoms with Gasteiger partial charge < -0.3 is 14.7 Å². The number of alkyl halides is 1. The van der Waals surface area contributed by atoms with Gasteiger partial charge in [0.1, 0.15) is 10.5 Å². The number of likely N-dealkylation sites (tertiary alicyclic amines) is 1. The Morgan fingerprint density at radius 2 is 1.76 bits per heavy atom. The van der Waals surface area contributed by atoms with E-state index in [0.717, 1.165) is 0 Å². The molecule has 1 fully saturated rings. The van der Waals surface area contributed by atoms with Crippen LogP contribution < -0.4 is 0 Å². The van der Waals surface area contributed by atoms with Gasteiger partial charge in [-0.2, -0.15) is 0 Å². The second-order valence-electron chi connectivity index (χ2n) is 5.24. The minimum Gasteiger partial charge on any atom is -0.480 e. The quantitative estimate of drug-likeness (QED) is 0.736. The molecule has 0 aromatic heterocycles. The first kappa shape index (κ1) is 14.1. The van der Waals surface area contributed by atoms with Crippen molar-refractivity contribution in [3.8, 4) is 0 Å². The van der Waals surface area contributed by atoms with E-state index in [-0.39, 0.29) is 12.8 Å². The molecule has 0 saturated carbocycles. The summed E-state index contributed by atoms with van der Waals surface area (Å²) in [6.07, 6.45) is 0.0633. The highest BCUT2D eigenvalue weighted by Crippen LogP contribution is 2.30.